The van der Waals surface area contributed by atoms with Gasteiger partial charge in [0.25, 0.3) is 5.91 Å². The van der Waals surface area contributed by atoms with E-state index in [4.69, 9.17) is 9.84 Å². The molecule has 0 spiro atoms. The number of aromatic nitrogens is 2. The highest BCUT2D eigenvalue weighted by atomic mass is 32.2. The molecule has 1 fully saturated rings. The Morgan fingerprint density at radius 2 is 1.88 bits per heavy atom. The molecule has 34 heavy (non-hydrogen) atoms. The molecule has 174 valence electrons. The maximum Gasteiger partial charge on any atom is 0.264 e. The number of unbranched alkanes of at least 4 members (excludes halogenated alkanes) is 1. The number of carbonyl (C=O) groups is 1. The molecule has 0 atom stereocenters. The van der Waals surface area contributed by atoms with Crippen molar-refractivity contribution in [2.24, 2.45) is 0 Å². The summed E-state index contributed by atoms with van der Waals surface area (Å²) in [7, 11) is 0. The number of nitrogens with zero attached hydrogens (tertiary/aromatic N) is 4. The Bertz CT molecular complexity index is 1170. The molecule has 1 saturated heterocycles. The fourth-order valence-corrected chi connectivity index (χ4v) is 4.71. The van der Waals surface area contributed by atoms with Crippen molar-refractivity contribution in [1.82, 2.24) is 14.7 Å². The largest absolute Gasteiger partial charge is 0.378 e. The maximum absolute atomic E-state index is 13.0. The minimum atomic E-state index is -0.271. The van der Waals surface area contributed by atoms with Crippen LogP contribution in [0.1, 0.15) is 25.3 Å². The first-order chi connectivity index (χ1) is 16.7. The third kappa shape index (κ3) is 5.77. The van der Waals surface area contributed by atoms with Gasteiger partial charge in [-0.3, -0.25) is 4.79 Å². The molecule has 0 unspecified atom stereocenters. The molecule has 0 aliphatic carbocycles. The van der Waals surface area contributed by atoms with Crippen LogP contribution in [0.5, 0.6) is 0 Å². The summed E-state index contributed by atoms with van der Waals surface area (Å²) in [5.41, 5.74) is 3.41. The van der Waals surface area contributed by atoms with Crippen molar-refractivity contribution in [3.05, 3.63) is 71.9 Å². The molecule has 0 N–H and O–H groups in total. The summed E-state index contributed by atoms with van der Waals surface area (Å²) in [6.07, 6.45) is 5.90. The van der Waals surface area contributed by atoms with E-state index in [-0.39, 0.29) is 11.5 Å². The second-order valence-corrected chi connectivity index (χ2v) is 9.18. The lowest BCUT2D eigenvalue weighted by atomic mass is 10.1. The van der Waals surface area contributed by atoms with E-state index in [0.29, 0.717) is 26.3 Å². The van der Waals surface area contributed by atoms with Gasteiger partial charge in [-0.25, -0.2) is 4.68 Å². The van der Waals surface area contributed by atoms with E-state index < -0.39 is 0 Å². The van der Waals surface area contributed by atoms with Crippen molar-refractivity contribution >= 4 is 23.7 Å². The fourth-order valence-electron chi connectivity index (χ4n) is 3.71. The summed E-state index contributed by atoms with van der Waals surface area (Å²) >= 11 is 1.85. The molecule has 1 aliphatic heterocycles. The molecule has 4 rings (SSSR count). The van der Waals surface area contributed by atoms with Crippen LogP contribution >= 0.6 is 11.8 Å². The third-order valence-electron chi connectivity index (χ3n) is 5.61. The van der Waals surface area contributed by atoms with Crippen molar-refractivity contribution < 1.29 is 9.53 Å². The normalized spacial score (nSPS) is 14.1. The zero-order chi connectivity index (χ0) is 23.8. The first kappa shape index (κ1) is 23.8. The Kier molecular flexibility index (Phi) is 8.18. The zero-order valence-corrected chi connectivity index (χ0v) is 20.1. The van der Waals surface area contributed by atoms with E-state index in [0.717, 1.165) is 28.3 Å². The van der Waals surface area contributed by atoms with Gasteiger partial charge in [0.1, 0.15) is 11.6 Å². The molecule has 7 heteroatoms. The number of rotatable bonds is 8. The predicted molar refractivity (Wildman–Crippen MR) is 136 cm³/mol. The van der Waals surface area contributed by atoms with Crippen LogP contribution in [0.15, 0.2) is 71.3 Å². The predicted octanol–water partition coefficient (Wildman–Crippen LogP) is 5.20. The van der Waals surface area contributed by atoms with Crippen LogP contribution in [0.3, 0.4) is 0 Å². The summed E-state index contributed by atoms with van der Waals surface area (Å²) in [6, 6.07) is 20.2. The molecular weight excluding hydrogens is 444 g/mol. The molecule has 1 aliphatic rings. The lowest BCUT2D eigenvalue weighted by Gasteiger charge is -2.26. The average molecular weight is 473 g/mol. The topological polar surface area (TPSA) is 71.2 Å². The summed E-state index contributed by atoms with van der Waals surface area (Å²) in [6.45, 7) is 4.16. The molecule has 0 bridgehead atoms. The van der Waals surface area contributed by atoms with E-state index in [1.165, 1.54) is 17.7 Å². The number of para-hydroxylation sites is 1. The monoisotopic (exact) mass is 472 g/mol. The summed E-state index contributed by atoms with van der Waals surface area (Å²) in [5.74, 6) is 0.827. The lowest BCUT2D eigenvalue weighted by Crippen LogP contribution is -2.41. The Hall–Kier alpha value is -3.34. The lowest BCUT2D eigenvalue weighted by molar-refractivity contribution is -0.130. The van der Waals surface area contributed by atoms with Crippen molar-refractivity contribution in [1.29, 1.82) is 5.26 Å². The van der Waals surface area contributed by atoms with Crippen LogP contribution in [0.25, 0.3) is 23.0 Å². The Labute approximate surface area is 204 Å². The third-order valence-corrected chi connectivity index (χ3v) is 6.70. The van der Waals surface area contributed by atoms with E-state index in [2.05, 4.69) is 37.3 Å². The number of hydrogen-bond acceptors (Lipinski definition) is 5. The summed E-state index contributed by atoms with van der Waals surface area (Å²) in [5, 5.41) is 14.6. The smallest absolute Gasteiger partial charge is 0.264 e. The fraction of sp³-hybridized carbons (Fsp3) is 0.296. The van der Waals surface area contributed by atoms with Crippen LogP contribution in [0.4, 0.5) is 0 Å². The van der Waals surface area contributed by atoms with Gasteiger partial charge in [0.15, 0.2) is 0 Å². The number of amides is 1. The zero-order valence-electron chi connectivity index (χ0n) is 19.3. The number of hydrogen-bond donors (Lipinski definition) is 0. The van der Waals surface area contributed by atoms with Gasteiger partial charge in [-0.2, -0.15) is 10.4 Å². The summed E-state index contributed by atoms with van der Waals surface area (Å²) in [4.78, 5) is 15.9. The standard InChI is InChI=1S/C27H28N4O2S/c1-2-3-17-34-25-11-9-21(10-12-25)26-23(20-31(29-26)24-7-5-4-6-8-24)18-22(19-28)27(32)30-13-15-33-16-14-30/h4-12,18,20H,2-3,13-17H2,1H3. The second kappa shape index (κ2) is 11.7. The Morgan fingerprint density at radius 1 is 1.15 bits per heavy atom. The van der Waals surface area contributed by atoms with Gasteiger partial charge < -0.3 is 9.64 Å². The highest BCUT2D eigenvalue weighted by Crippen LogP contribution is 2.29. The number of ether oxygens (including phenoxy) is 1. The van der Waals surface area contributed by atoms with Gasteiger partial charge in [-0.15, -0.1) is 11.8 Å². The van der Waals surface area contributed by atoms with E-state index in [1.807, 2.05) is 48.3 Å². The maximum atomic E-state index is 13.0. The number of thioether (sulfide) groups is 1. The minimum absolute atomic E-state index is 0.0995. The molecule has 1 amide bonds. The van der Waals surface area contributed by atoms with Crippen LogP contribution in [0, 0.1) is 11.3 Å². The number of carbonyl (C=O) groups excluding carboxylic acids is 1. The van der Waals surface area contributed by atoms with Crippen LogP contribution in [-0.4, -0.2) is 52.6 Å². The van der Waals surface area contributed by atoms with Crippen molar-refractivity contribution in [3.63, 3.8) is 0 Å². The molecule has 3 aromatic rings. The number of benzene rings is 2. The van der Waals surface area contributed by atoms with Crippen molar-refractivity contribution in [3.8, 4) is 23.0 Å². The second-order valence-electron chi connectivity index (χ2n) is 8.01. The van der Waals surface area contributed by atoms with Gasteiger partial charge in [-0.05, 0) is 42.5 Å². The van der Waals surface area contributed by atoms with Gasteiger partial charge >= 0.3 is 0 Å². The first-order valence-corrected chi connectivity index (χ1v) is 12.6. The number of nitriles is 1. The van der Waals surface area contributed by atoms with Gasteiger partial charge in [-0.1, -0.05) is 43.7 Å². The molecule has 0 saturated carbocycles. The van der Waals surface area contributed by atoms with Crippen LogP contribution < -0.4 is 0 Å². The van der Waals surface area contributed by atoms with Gasteiger partial charge in [0, 0.05) is 35.3 Å². The van der Waals surface area contributed by atoms with E-state index in [9.17, 15) is 10.1 Å². The highest BCUT2D eigenvalue weighted by Gasteiger charge is 2.22. The Morgan fingerprint density at radius 3 is 2.56 bits per heavy atom. The van der Waals surface area contributed by atoms with E-state index >= 15 is 0 Å². The molecule has 6 nitrogen and oxygen atoms in total. The molecule has 2 heterocycles. The highest BCUT2D eigenvalue weighted by molar-refractivity contribution is 7.99. The van der Waals surface area contributed by atoms with Crippen molar-refractivity contribution in [2.75, 3.05) is 32.1 Å². The number of morpholine rings is 1. The van der Waals surface area contributed by atoms with Crippen molar-refractivity contribution in [2.45, 2.75) is 24.7 Å². The Balaban J connectivity index is 1.69. The molecule has 0 radical (unpaired) electrons. The first-order valence-electron chi connectivity index (χ1n) is 11.6. The molecular formula is C27H28N4O2S. The van der Waals surface area contributed by atoms with Gasteiger partial charge in [0.05, 0.1) is 24.6 Å². The van der Waals surface area contributed by atoms with Gasteiger partial charge in [0.2, 0.25) is 0 Å². The van der Waals surface area contributed by atoms with Crippen LogP contribution in [-0.2, 0) is 9.53 Å². The minimum Gasteiger partial charge on any atom is -0.378 e. The quantitative estimate of drug-likeness (QED) is 0.195. The molecule has 2 aromatic carbocycles. The SMILES string of the molecule is CCCCSc1ccc(-c2nn(-c3ccccc3)cc2C=C(C#N)C(=O)N2CCOCC2)cc1. The summed E-state index contributed by atoms with van der Waals surface area (Å²) < 4.78 is 7.13. The van der Waals surface area contributed by atoms with Crippen LogP contribution in [0.2, 0.25) is 0 Å². The van der Waals surface area contributed by atoms with E-state index in [1.54, 1.807) is 15.7 Å². The average Bonchev–Trinajstić information content (AvgIpc) is 3.32. The molecule has 1 aromatic heterocycles.